The second-order valence-electron chi connectivity index (χ2n) is 4.53. The summed E-state index contributed by atoms with van der Waals surface area (Å²) in [4.78, 5) is 0. The van der Waals surface area contributed by atoms with Crippen LogP contribution in [-0.4, -0.2) is 0 Å². The quantitative estimate of drug-likeness (QED) is 0.619. The first-order valence-corrected chi connectivity index (χ1v) is 4.66. The van der Waals surface area contributed by atoms with Gasteiger partial charge in [0.2, 0.25) is 0 Å². The van der Waals surface area contributed by atoms with Crippen molar-refractivity contribution in [2.75, 3.05) is 0 Å². The molecule has 1 aliphatic rings. The molecule has 2 unspecified atom stereocenters. The molecule has 0 spiro atoms. The first-order chi connectivity index (χ1) is 5.62. The van der Waals surface area contributed by atoms with Gasteiger partial charge in [-0.3, -0.25) is 0 Å². The average Bonchev–Trinajstić information content (AvgIpc) is 2.51. The van der Waals surface area contributed by atoms with Crippen molar-refractivity contribution >= 4 is 0 Å². The van der Waals surface area contributed by atoms with Crippen LogP contribution < -0.4 is 0 Å². The van der Waals surface area contributed by atoms with Crippen LogP contribution in [-0.2, 0) is 0 Å². The van der Waals surface area contributed by atoms with Crippen molar-refractivity contribution in [3.8, 4) is 0 Å². The molecule has 1 aromatic rings. The van der Waals surface area contributed by atoms with Crippen LogP contribution in [0.1, 0.15) is 38.9 Å². The lowest BCUT2D eigenvalue weighted by atomic mass is 9.55. The van der Waals surface area contributed by atoms with Crippen LogP contribution >= 0.6 is 0 Å². The van der Waals surface area contributed by atoms with E-state index in [0.717, 1.165) is 11.7 Å². The third-order valence-electron chi connectivity index (χ3n) is 3.64. The highest BCUT2D eigenvalue weighted by Crippen LogP contribution is 2.56. The van der Waals surface area contributed by atoms with E-state index in [9.17, 15) is 0 Å². The standard InChI is InChI=1S/C11H16O/c1-8-7-9(11(8,2)3)10-5-4-6-12-10/h4-6,8-9H,7H2,1-3H3. The summed E-state index contributed by atoms with van der Waals surface area (Å²) in [6.07, 6.45) is 3.05. The van der Waals surface area contributed by atoms with Gasteiger partial charge in [0, 0.05) is 5.92 Å². The molecular formula is C11H16O. The second-order valence-corrected chi connectivity index (χ2v) is 4.53. The lowest BCUT2D eigenvalue weighted by Crippen LogP contribution is -2.40. The molecule has 0 radical (unpaired) electrons. The number of furan rings is 1. The van der Waals surface area contributed by atoms with E-state index in [1.54, 1.807) is 6.26 Å². The van der Waals surface area contributed by atoms with Crippen molar-refractivity contribution in [3.05, 3.63) is 24.2 Å². The van der Waals surface area contributed by atoms with Gasteiger partial charge in [-0.15, -0.1) is 0 Å². The molecule has 2 atom stereocenters. The number of hydrogen-bond donors (Lipinski definition) is 0. The van der Waals surface area contributed by atoms with Gasteiger partial charge < -0.3 is 4.42 Å². The molecule has 0 amide bonds. The average molecular weight is 164 g/mol. The maximum Gasteiger partial charge on any atom is 0.107 e. The summed E-state index contributed by atoms with van der Waals surface area (Å²) in [6, 6.07) is 4.08. The third kappa shape index (κ3) is 0.921. The zero-order valence-corrected chi connectivity index (χ0v) is 8.00. The largest absolute Gasteiger partial charge is 0.469 e. The van der Waals surface area contributed by atoms with Crippen LogP contribution in [0, 0.1) is 11.3 Å². The topological polar surface area (TPSA) is 13.1 Å². The van der Waals surface area contributed by atoms with Gasteiger partial charge in [-0.05, 0) is 29.9 Å². The molecule has 1 fully saturated rings. The predicted molar refractivity (Wildman–Crippen MR) is 49.0 cm³/mol. The van der Waals surface area contributed by atoms with Gasteiger partial charge in [-0.2, -0.15) is 0 Å². The SMILES string of the molecule is CC1CC(c2ccco2)C1(C)C. The Kier molecular flexibility index (Phi) is 1.57. The van der Waals surface area contributed by atoms with Crippen LogP contribution in [0.5, 0.6) is 0 Å². The first-order valence-electron chi connectivity index (χ1n) is 4.66. The van der Waals surface area contributed by atoms with Crippen molar-refractivity contribution in [1.82, 2.24) is 0 Å². The molecule has 0 bridgehead atoms. The zero-order valence-electron chi connectivity index (χ0n) is 8.00. The Bertz CT molecular complexity index is 259. The molecular weight excluding hydrogens is 148 g/mol. The predicted octanol–water partition coefficient (Wildman–Crippen LogP) is 3.43. The highest BCUT2D eigenvalue weighted by Gasteiger charge is 2.47. The molecule has 66 valence electrons. The minimum Gasteiger partial charge on any atom is -0.469 e. The summed E-state index contributed by atoms with van der Waals surface area (Å²) in [5.41, 5.74) is 0.428. The molecule has 0 aromatic carbocycles. The molecule has 0 N–H and O–H groups in total. The Hall–Kier alpha value is -0.720. The fraction of sp³-hybridized carbons (Fsp3) is 0.636. The summed E-state index contributed by atoms with van der Waals surface area (Å²) >= 11 is 0. The van der Waals surface area contributed by atoms with Gasteiger partial charge in [-0.1, -0.05) is 20.8 Å². The Labute approximate surface area is 73.8 Å². The van der Waals surface area contributed by atoms with Crippen molar-refractivity contribution in [2.24, 2.45) is 11.3 Å². The van der Waals surface area contributed by atoms with Crippen LogP contribution in [0.25, 0.3) is 0 Å². The second kappa shape index (κ2) is 2.38. The number of hydrogen-bond acceptors (Lipinski definition) is 1. The number of rotatable bonds is 1. The minimum absolute atomic E-state index is 0.428. The Morgan fingerprint density at radius 3 is 2.67 bits per heavy atom. The Balaban J connectivity index is 2.19. The van der Waals surface area contributed by atoms with Gasteiger partial charge in [0.25, 0.3) is 0 Å². The van der Waals surface area contributed by atoms with E-state index in [1.807, 2.05) is 6.07 Å². The van der Waals surface area contributed by atoms with Crippen molar-refractivity contribution in [2.45, 2.75) is 33.1 Å². The molecule has 2 rings (SSSR count). The Morgan fingerprint density at radius 1 is 1.50 bits per heavy atom. The van der Waals surface area contributed by atoms with E-state index in [1.165, 1.54) is 6.42 Å². The summed E-state index contributed by atoms with van der Waals surface area (Å²) in [6.45, 7) is 6.97. The molecule has 1 heteroatoms. The summed E-state index contributed by atoms with van der Waals surface area (Å²) in [5, 5.41) is 0. The normalized spacial score (nSPS) is 32.9. The van der Waals surface area contributed by atoms with E-state index >= 15 is 0 Å². The summed E-state index contributed by atoms with van der Waals surface area (Å²) < 4.78 is 5.42. The van der Waals surface area contributed by atoms with Gasteiger partial charge in [0.15, 0.2) is 0 Å². The molecule has 1 aromatic heterocycles. The van der Waals surface area contributed by atoms with Crippen LogP contribution in [0.3, 0.4) is 0 Å². The molecule has 12 heavy (non-hydrogen) atoms. The van der Waals surface area contributed by atoms with E-state index < -0.39 is 0 Å². The lowest BCUT2D eigenvalue weighted by molar-refractivity contribution is 0.0348. The third-order valence-corrected chi connectivity index (χ3v) is 3.64. The molecule has 0 saturated heterocycles. The van der Waals surface area contributed by atoms with Gasteiger partial charge >= 0.3 is 0 Å². The fourth-order valence-electron chi connectivity index (χ4n) is 2.12. The van der Waals surface area contributed by atoms with Gasteiger partial charge in [-0.25, -0.2) is 0 Å². The smallest absolute Gasteiger partial charge is 0.107 e. The maximum absolute atomic E-state index is 5.42. The van der Waals surface area contributed by atoms with Gasteiger partial charge in [0.05, 0.1) is 6.26 Å². The summed E-state index contributed by atoms with van der Waals surface area (Å²) in [5.74, 6) is 2.63. The van der Waals surface area contributed by atoms with Crippen molar-refractivity contribution in [1.29, 1.82) is 0 Å². The van der Waals surface area contributed by atoms with Gasteiger partial charge in [0.1, 0.15) is 5.76 Å². The molecule has 1 saturated carbocycles. The molecule has 1 nitrogen and oxygen atoms in total. The van der Waals surface area contributed by atoms with E-state index in [0.29, 0.717) is 11.3 Å². The lowest BCUT2D eigenvalue weighted by Gasteiger charge is -2.49. The molecule has 1 aliphatic carbocycles. The van der Waals surface area contributed by atoms with Crippen LogP contribution in [0.2, 0.25) is 0 Å². The van der Waals surface area contributed by atoms with E-state index in [4.69, 9.17) is 4.42 Å². The van der Waals surface area contributed by atoms with Crippen LogP contribution in [0.15, 0.2) is 22.8 Å². The van der Waals surface area contributed by atoms with E-state index in [-0.39, 0.29) is 0 Å². The van der Waals surface area contributed by atoms with E-state index in [2.05, 4.69) is 26.8 Å². The summed E-state index contributed by atoms with van der Waals surface area (Å²) in [7, 11) is 0. The van der Waals surface area contributed by atoms with Crippen molar-refractivity contribution in [3.63, 3.8) is 0 Å². The highest BCUT2D eigenvalue weighted by atomic mass is 16.3. The minimum atomic E-state index is 0.428. The molecule has 1 heterocycles. The van der Waals surface area contributed by atoms with Crippen LogP contribution in [0.4, 0.5) is 0 Å². The Morgan fingerprint density at radius 2 is 2.25 bits per heavy atom. The molecule has 0 aliphatic heterocycles. The highest BCUT2D eigenvalue weighted by molar-refractivity contribution is 5.15. The fourth-order valence-corrected chi connectivity index (χ4v) is 2.12. The van der Waals surface area contributed by atoms with Crippen molar-refractivity contribution < 1.29 is 4.42 Å². The monoisotopic (exact) mass is 164 g/mol. The first kappa shape index (κ1) is 7.90. The maximum atomic E-state index is 5.42. The zero-order chi connectivity index (χ0) is 8.77.